The maximum absolute atomic E-state index is 11.1. The average Bonchev–Trinajstić information content (AvgIpc) is 2.06. The van der Waals surface area contributed by atoms with Crippen LogP contribution in [0.5, 0.6) is 0 Å². The van der Waals surface area contributed by atoms with Gasteiger partial charge in [-0.05, 0) is 6.42 Å². The molecular formula is C8H16N2O2. The van der Waals surface area contributed by atoms with Gasteiger partial charge in [-0.25, -0.2) is 0 Å². The second kappa shape index (κ2) is 3.87. The van der Waals surface area contributed by atoms with Crippen LogP contribution < -0.4 is 11.1 Å². The zero-order chi connectivity index (χ0) is 9.03. The highest BCUT2D eigenvalue weighted by atomic mass is 16.5. The summed E-state index contributed by atoms with van der Waals surface area (Å²) in [5.41, 5.74) is 4.54. The quantitative estimate of drug-likeness (QED) is 0.610. The monoisotopic (exact) mass is 172 g/mol. The fourth-order valence-electron chi connectivity index (χ4n) is 1.51. The van der Waals surface area contributed by atoms with Gasteiger partial charge in [0, 0.05) is 13.1 Å². The Hall–Kier alpha value is -0.610. The number of nitrogens with one attached hydrogen (secondary N) is 1. The molecule has 0 aromatic rings. The highest BCUT2D eigenvalue weighted by Gasteiger charge is 2.38. The van der Waals surface area contributed by atoms with E-state index in [0.717, 1.165) is 13.0 Å². The normalized spacial score (nSPS) is 30.1. The molecule has 12 heavy (non-hydrogen) atoms. The molecule has 1 aliphatic rings. The average molecular weight is 172 g/mol. The zero-order valence-electron chi connectivity index (χ0n) is 7.43. The molecule has 0 bridgehead atoms. The molecule has 0 aromatic carbocycles. The minimum atomic E-state index is -0.743. The molecule has 1 heterocycles. The molecule has 1 fully saturated rings. The van der Waals surface area contributed by atoms with Crippen molar-refractivity contribution < 1.29 is 9.53 Å². The molecule has 1 atom stereocenters. The molecule has 1 amide bonds. The maximum Gasteiger partial charge on any atom is 0.251 e. The fourth-order valence-corrected chi connectivity index (χ4v) is 1.51. The highest BCUT2D eigenvalue weighted by Crippen LogP contribution is 2.19. The predicted octanol–water partition coefficient (Wildman–Crippen LogP) is -0.370. The van der Waals surface area contributed by atoms with Crippen LogP contribution in [0.3, 0.4) is 0 Å². The zero-order valence-corrected chi connectivity index (χ0v) is 7.43. The van der Waals surface area contributed by atoms with Crippen molar-refractivity contribution in [3.8, 4) is 0 Å². The number of carbonyl (C=O) groups is 1. The lowest BCUT2D eigenvalue weighted by Gasteiger charge is -2.34. The van der Waals surface area contributed by atoms with Gasteiger partial charge in [-0.15, -0.1) is 0 Å². The fraction of sp³-hybridized carbons (Fsp3) is 0.875. The van der Waals surface area contributed by atoms with E-state index in [-0.39, 0.29) is 5.91 Å². The summed E-state index contributed by atoms with van der Waals surface area (Å²) in [5.74, 6) is -0.350. The van der Waals surface area contributed by atoms with Crippen molar-refractivity contribution in [1.29, 1.82) is 0 Å². The molecule has 1 aliphatic heterocycles. The van der Waals surface area contributed by atoms with Crippen LogP contribution in [0.4, 0.5) is 0 Å². The van der Waals surface area contributed by atoms with Crippen LogP contribution in [0.2, 0.25) is 0 Å². The summed E-state index contributed by atoms with van der Waals surface area (Å²) in [6.45, 7) is 3.94. The molecular weight excluding hydrogens is 156 g/mol. The molecule has 0 aliphatic carbocycles. The summed E-state index contributed by atoms with van der Waals surface area (Å²) in [7, 11) is 0. The number of morpholine rings is 1. The van der Waals surface area contributed by atoms with Gasteiger partial charge in [0.1, 0.15) is 0 Å². The summed E-state index contributed by atoms with van der Waals surface area (Å²) in [6, 6.07) is 0. The first-order valence-electron chi connectivity index (χ1n) is 4.36. The largest absolute Gasteiger partial charge is 0.367 e. The molecule has 0 radical (unpaired) electrons. The Morgan fingerprint density at radius 3 is 2.92 bits per heavy atom. The summed E-state index contributed by atoms with van der Waals surface area (Å²) in [5, 5.41) is 3.12. The van der Waals surface area contributed by atoms with E-state index in [1.807, 2.05) is 6.92 Å². The van der Waals surface area contributed by atoms with Crippen LogP contribution in [0.1, 0.15) is 19.8 Å². The molecule has 1 rings (SSSR count). The molecule has 3 N–H and O–H groups in total. The van der Waals surface area contributed by atoms with Gasteiger partial charge >= 0.3 is 0 Å². The van der Waals surface area contributed by atoms with Crippen LogP contribution in [0.15, 0.2) is 0 Å². The van der Waals surface area contributed by atoms with E-state index in [9.17, 15) is 4.79 Å². The number of hydrogen-bond acceptors (Lipinski definition) is 3. The number of primary amides is 1. The van der Waals surface area contributed by atoms with E-state index in [1.165, 1.54) is 0 Å². The van der Waals surface area contributed by atoms with Crippen LogP contribution in [-0.2, 0) is 9.53 Å². The summed E-state index contributed by atoms with van der Waals surface area (Å²) in [4.78, 5) is 11.1. The molecule has 1 saturated heterocycles. The molecule has 0 saturated carbocycles. The van der Waals surface area contributed by atoms with Crippen molar-refractivity contribution in [3.63, 3.8) is 0 Å². The Bertz CT molecular complexity index is 159. The number of rotatable bonds is 3. The van der Waals surface area contributed by atoms with Crippen LogP contribution in [-0.4, -0.2) is 31.2 Å². The van der Waals surface area contributed by atoms with Crippen molar-refractivity contribution in [2.24, 2.45) is 5.73 Å². The van der Waals surface area contributed by atoms with E-state index < -0.39 is 5.60 Å². The van der Waals surface area contributed by atoms with E-state index >= 15 is 0 Å². The summed E-state index contributed by atoms with van der Waals surface area (Å²) in [6.07, 6.45) is 1.61. The van der Waals surface area contributed by atoms with Crippen LogP contribution in [0.25, 0.3) is 0 Å². The van der Waals surface area contributed by atoms with E-state index in [1.54, 1.807) is 0 Å². The maximum atomic E-state index is 11.1. The second-order valence-corrected chi connectivity index (χ2v) is 3.13. The summed E-state index contributed by atoms with van der Waals surface area (Å²) < 4.78 is 5.43. The smallest absolute Gasteiger partial charge is 0.251 e. The van der Waals surface area contributed by atoms with Crippen molar-refractivity contribution in [1.82, 2.24) is 5.32 Å². The highest BCUT2D eigenvalue weighted by molar-refractivity contribution is 5.83. The first kappa shape index (κ1) is 9.48. The van der Waals surface area contributed by atoms with Gasteiger partial charge in [-0.1, -0.05) is 13.3 Å². The predicted molar refractivity (Wildman–Crippen MR) is 45.7 cm³/mol. The third-order valence-corrected chi connectivity index (χ3v) is 2.17. The van der Waals surface area contributed by atoms with E-state index in [0.29, 0.717) is 19.6 Å². The summed E-state index contributed by atoms with van der Waals surface area (Å²) >= 11 is 0. The number of nitrogens with two attached hydrogens (primary N) is 1. The van der Waals surface area contributed by atoms with Crippen LogP contribution in [0, 0.1) is 0 Å². The second-order valence-electron chi connectivity index (χ2n) is 3.13. The van der Waals surface area contributed by atoms with Gasteiger partial charge < -0.3 is 15.8 Å². The molecule has 1 unspecified atom stereocenters. The lowest BCUT2D eigenvalue weighted by atomic mass is 9.96. The van der Waals surface area contributed by atoms with Gasteiger partial charge in [-0.3, -0.25) is 4.79 Å². The van der Waals surface area contributed by atoms with Crippen molar-refractivity contribution in [2.75, 3.05) is 19.7 Å². The van der Waals surface area contributed by atoms with E-state index in [2.05, 4.69) is 5.32 Å². The Morgan fingerprint density at radius 2 is 2.50 bits per heavy atom. The van der Waals surface area contributed by atoms with Crippen molar-refractivity contribution in [2.45, 2.75) is 25.4 Å². The third-order valence-electron chi connectivity index (χ3n) is 2.17. The minimum absolute atomic E-state index is 0.350. The van der Waals surface area contributed by atoms with Gasteiger partial charge in [-0.2, -0.15) is 0 Å². The van der Waals surface area contributed by atoms with Gasteiger partial charge in [0.15, 0.2) is 5.60 Å². The molecule has 70 valence electrons. The van der Waals surface area contributed by atoms with Gasteiger partial charge in [0.05, 0.1) is 6.61 Å². The number of carbonyl (C=O) groups excluding carboxylic acids is 1. The Kier molecular flexibility index (Phi) is 3.05. The Balaban J connectivity index is 2.63. The molecule has 0 spiro atoms. The van der Waals surface area contributed by atoms with Gasteiger partial charge in [0.25, 0.3) is 5.91 Å². The molecule has 4 heteroatoms. The lowest BCUT2D eigenvalue weighted by Crippen LogP contribution is -2.57. The number of ether oxygens (including phenoxy) is 1. The lowest BCUT2D eigenvalue weighted by molar-refractivity contribution is -0.148. The first-order chi connectivity index (χ1) is 5.71. The van der Waals surface area contributed by atoms with Crippen molar-refractivity contribution in [3.05, 3.63) is 0 Å². The Morgan fingerprint density at radius 1 is 1.75 bits per heavy atom. The van der Waals surface area contributed by atoms with Gasteiger partial charge in [0.2, 0.25) is 0 Å². The van der Waals surface area contributed by atoms with Crippen LogP contribution >= 0.6 is 0 Å². The molecule has 4 nitrogen and oxygen atoms in total. The first-order valence-corrected chi connectivity index (χ1v) is 4.36. The molecule has 0 aromatic heterocycles. The van der Waals surface area contributed by atoms with E-state index in [4.69, 9.17) is 10.5 Å². The number of amides is 1. The topological polar surface area (TPSA) is 64.4 Å². The third kappa shape index (κ3) is 1.76. The Labute approximate surface area is 72.5 Å². The van der Waals surface area contributed by atoms with Crippen molar-refractivity contribution >= 4 is 5.91 Å². The SMILES string of the molecule is CCCC1(C(N)=O)CNCCO1. The number of hydrogen-bond donors (Lipinski definition) is 2. The minimum Gasteiger partial charge on any atom is -0.367 e. The standard InChI is InChI=1S/C8H16N2O2/c1-2-3-8(7(9)11)6-10-4-5-12-8/h10H,2-6H2,1H3,(H2,9,11).